The summed E-state index contributed by atoms with van der Waals surface area (Å²) >= 11 is 4.66. The molecule has 0 aliphatic rings. The highest BCUT2D eigenvalue weighted by Crippen LogP contribution is 2.28. The van der Waals surface area contributed by atoms with Gasteiger partial charge in [0.25, 0.3) is 5.63 Å². The molecule has 0 saturated heterocycles. The van der Waals surface area contributed by atoms with Gasteiger partial charge in [-0.2, -0.15) is 8.78 Å². The van der Waals surface area contributed by atoms with Crippen LogP contribution in [0.25, 0.3) is 0 Å². The molecule has 90 valence electrons. The van der Waals surface area contributed by atoms with E-state index in [0.29, 0.717) is 0 Å². The van der Waals surface area contributed by atoms with Crippen LogP contribution in [-0.2, 0) is 4.74 Å². The first-order valence-electron chi connectivity index (χ1n) is 4.78. The van der Waals surface area contributed by atoms with E-state index in [9.17, 15) is 13.2 Å². The maximum atomic E-state index is 12.7. The highest BCUT2D eigenvalue weighted by molar-refractivity contribution is 6.20. The molecule has 5 heteroatoms. The molecule has 2 unspecified atom stereocenters. The lowest BCUT2D eigenvalue weighted by Crippen LogP contribution is -2.30. The van der Waals surface area contributed by atoms with Gasteiger partial charge in [-0.15, -0.1) is 0 Å². The molecule has 1 aromatic rings. The Labute approximate surface area is 97.2 Å². The van der Waals surface area contributed by atoms with Crippen LogP contribution in [0.5, 0.6) is 0 Å². The van der Waals surface area contributed by atoms with Gasteiger partial charge in [0, 0.05) is 5.92 Å². The topological polar surface area (TPSA) is 9.23 Å². The van der Waals surface area contributed by atoms with Gasteiger partial charge in [0.05, 0.1) is 6.61 Å². The highest BCUT2D eigenvalue weighted by Gasteiger charge is 2.40. The monoisotopic (exact) mass is 252 g/mol. The van der Waals surface area contributed by atoms with Crippen LogP contribution >= 0.6 is 11.6 Å². The van der Waals surface area contributed by atoms with Gasteiger partial charge >= 0.3 is 6.11 Å². The van der Waals surface area contributed by atoms with Crippen molar-refractivity contribution in [3.05, 3.63) is 35.9 Å². The Morgan fingerprint density at radius 2 is 1.88 bits per heavy atom. The number of alkyl halides is 4. The smallest absolute Gasteiger partial charge is 0.317 e. The maximum absolute atomic E-state index is 12.7. The quantitative estimate of drug-likeness (QED) is 0.722. The zero-order valence-corrected chi connectivity index (χ0v) is 9.42. The molecule has 1 nitrogen and oxygen atoms in total. The third kappa shape index (κ3) is 3.68. The second-order valence-electron chi connectivity index (χ2n) is 3.49. The molecule has 0 aromatic heterocycles. The number of ether oxygens (including phenoxy) is 1. The summed E-state index contributed by atoms with van der Waals surface area (Å²) < 4.78 is 41.8. The number of benzene rings is 1. The third-order valence-electron chi connectivity index (χ3n) is 2.15. The summed E-state index contributed by atoms with van der Waals surface area (Å²) in [6.07, 6.45) is -3.94. The van der Waals surface area contributed by atoms with Gasteiger partial charge in [0.1, 0.15) is 0 Å². The van der Waals surface area contributed by atoms with Crippen molar-refractivity contribution in [1.29, 1.82) is 0 Å². The van der Waals surface area contributed by atoms with Crippen LogP contribution in [0.4, 0.5) is 13.2 Å². The standard InChI is InChI=1S/C11H12ClF3O/c1-8(9-5-3-2-4-6-9)7-16-11(14,15)10(12)13/h2-6,8,10H,7H2,1H3. The normalized spacial score (nSPS) is 15.8. The fourth-order valence-corrected chi connectivity index (χ4v) is 1.24. The van der Waals surface area contributed by atoms with Gasteiger partial charge in [-0.3, -0.25) is 0 Å². The first-order valence-corrected chi connectivity index (χ1v) is 5.22. The van der Waals surface area contributed by atoms with E-state index in [0.717, 1.165) is 5.56 Å². The molecule has 16 heavy (non-hydrogen) atoms. The van der Waals surface area contributed by atoms with E-state index in [1.165, 1.54) is 0 Å². The van der Waals surface area contributed by atoms with Crippen molar-refractivity contribution in [3.8, 4) is 0 Å². The molecule has 2 atom stereocenters. The minimum Gasteiger partial charge on any atom is -0.317 e. The molecule has 0 fully saturated rings. The Balaban J connectivity index is 2.51. The van der Waals surface area contributed by atoms with Gasteiger partial charge in [-0.25, -0.2) is 4.39 Å². The number of hydrogen-bond donors (Lipinski definition) is 0. The van der Waals surface area contributed by atoms with E-state index >= 15 is 0 Å². The minimum atomic E-state index is -3.94. The molecule has 0 radical (unpaired) electrons. The average Bonchev–Trinajstić information content (AvgIpc) is 2.27. The molecular formula is C11H12ClF3O. The van der Waals surface area contributed by atoms with E-state index in [-0.39, 0.29) is 12.5 Å². The highest BCUT2D eigenvalue weighted by atomic mass is 35.5. The largest absolute Gasteiger partial charge is 0.400 e. The SMILES string of the molecule is CC(COC(F)(F)C(F)Cl)c1ccccc1. The zero-order chi connectivity index (χ0) is 12.2. The Hall–Kier alpha value is -0.740. The Kier molecular flexibility index (Phi) is 4.62. The van der Waals surface area contributed by atoms with Crippen molar-refractivity contribution < 1.29 is 17.9 Å². The van der Waals surface area contributed by atoms with E-state index in [1.807, 2.05) is 6.07 Å². The molecule has 0 aliphatic heterocycles. The molecular weight excluding hydrogens is 241 g/mol. The molecule has 0 heterocycles. The van der Waals surface area contributed by atoms with E-state index in [1.54, 1.807) is 31.2 Å². The van der Waals surface area contributed by atoms with Crippen LogP contribution in [0.2, 0.25) is 0 Å². The molecule has 0 N–H and O–H groups in total. The average molecular weight is 253 g/mol. The lowest BCUT2D eigenvalue weighted by Gasteiger charge is -2.19. The number of halogens is 4. The first kappa shape index (κ1) is 13.3. The van der Waals surface area contributed by atoms with Gasteiger partial charge in [-0.05, 0) is 5.56 Å². The summed E-state index contributed by atoms with van der Waals surface area (Å²) in [6.45, 7) is 1.43. The van der Waals surface area contributed by atoms with Crippen LogP contribution < -0.4 is 0 Å². The van der Waals surface area contributed by atoms with Crippen molar-refractivity contribution in [2.45, 2.75) is 24.6 Å². The molecule has 1 aromatic carbocycles. The second kappa shape index (κ2) is 5.55. The Bertz CT molecular complexity index is 316. The van der Waals surface area contributed by atoms with Crippen LogP contribution in [0, 0.1) is 0 Å². The zero-order valence-electron chi connectivity index (χ0n) is 8.67. The van der Waals surface area contributed by atoms with Crippen LogP contribution in [-0.4, -0.2) is 18.3 Å². The molecule has 0 aliphatic carbocycles. The maximum Gasteiger partial charge on any atom is 0.400 e. The van der Waals surface area contributed by atoms with Gasteiger partial charge in [0.15, 0.2) is 0 Å². The van der Waals surface area contributed by atoms with E-state index in [4.69, 9.17) is 0 Å². The summed E-state index contributed by atoms with van der Waals surface area (Å²) in [7, 11) is 0. The summed E-state index contributed by atoms with van der Waals surface area (Å²) in [6, 6.07) is 8.99. The van der Waals surface area contributed by atoms with Crippen LogP contribution in [0.3, 0.4) is 0 Å². The predicted molar refractivity (Wildman–Crippen MR) is 56.5 cm³/mol. The van der Waals surface area contributed by atoms with Crippen LogP contribution in [0.1, 0.15) is 18.4 Å². The fourth-order valence-electron chi connectivity index (χ4n) is 1.18. The molecule has 1 rings (SSSR count). The second-order valence-corrected chi connectivity index (χ2v) is 3.87. The number of rotatable bonds is 5. The Morgan fingerprint density at radius 1 is 1.31 bits per heavy atom. The van der Waals surface area contributed by atoms with Crippen molar-refractivity contribution in [1.82, 2.24) is 0 Å². The Morgan fingerprint density at radius 3 is 2.38 bits per heavy atom. The van der Waals surface area contributed by atoms with Crippen molar-refractivity contribution in [2.75, 3.05) is 6.61 Å². The van der Waals surface area contributed by atoms with Gasteiger partial charge in [0.2, 0.25) is 0 Å². The lowest BCUT2D eigenvalue weighted by molar-refractivity contribution is -0.258. The molecule has 0 saturated carbocycles. The summed E-state index contributed by atoms with van der Waals surface area (Å²) in [4.78, 5) is 0. The van der Waals surface area contributed by atoms with E-state index in [2.05, 4.69) is 16.3 Å². The lowest BCUT2D eigenvalue weighted by atomic mass is 10.0. The summed E-state index contributed by atoms with van der Waals surface area (Å²) in [5.41, 5.74) is -1.97. The predicted octanol–water partition coefficient (Wildman–Crippen LogP) is 3.93. The summed E-state index contributed by atoms with van der Waals surface area (Å²) in [5, 5.41) is 0. The minimum absolute atomic E-state index is 0.248. The van der Waals surface area contributed by atoms with Gasteiger partial charge in [-0.1, -0.05) is 48.9 Å². The van der Waals surface area contributed by atoms with Crippen molar-refractivity contribution >= 4 is 11.6 Å². The molecule has 0 bridgehead atoms. The van der Waals surface area contributed by atoms with Gasteiger partial charge < -0.3 is 4.74 Å². The molecule has 0 amide bonds. The third-order valence-corrected chi connectivity index (χ3v) is 2.40. The van der Waals surface area contributed by atoms with Crippen molar-refractivity contribution in [3.63, 3.8) is 0 Å². The van der Waals surface area contributed by atoms with Crippen molar-refractivity contribution in [2.24, 2.45) is 0 Å². The fraction of sp³-hybridized carbons (Fsp3) is 0.455. The number of hydrogen-bond acceptors (Lipinski definition) is 1. The molecule has 0 spiro atoms. The van der Waals surface area contributed by atoms with Crippen LogP contribution in [0.15, 0.2) is 30.3 Å². The van der Waals surface area contributed by atoms with E-state index < -0.39 is 11.7 Å². The first-order chi connectivity index (χ1) is 7.43. The summed E-state index contributed by atoms with van der Waals surface area (Å²) in [5.74, 6) is -0.248.